The molecule has 6 heteroatoms. The Morgan fingerprint density at radius 2 is 1.86 bits per heavy atom. The van der Waals surface area contributed by atoms with Gasteiger partial charge in [0.2, 0.25) is 5.95 Å². The highest BCUT2D eigenvalue weighted by Gasteiger charge is 2.04. The number of urea groups is 1. The molecule has 4 N–H and O–H groups in total. The lowest BCUT2D eigenvalue weighted by molar-refractivity contribution is 0.253. The number of carbonyl (C=O) groups is 1. The van der Waals surface area contributed by atoms with Gasteiger partial charge in [-0.25, -0.2) is 15.2 Å². The molecule has 1 heterocycles. The van der Waals surface area contributed by atoms with E-state index in [1.165, 1.54) is 0 Å². The standard InChI is InChI=1S/C15H15N5O/c1-10-6-8-11(9-7-10)16-15(21)20-19-14-17-12-4-2-3-5-13(12)18-14/h2-9H,1H3,(H2,16,20,21)(H2,17,18,19). The monoisotopic (exact) mass is 281 g/mol. The third-order valence-electron chi connectivity index (χ3n) is 2.99. The SMILES string of the molecule is Cc1ccc(NC(=O)NNc2nc3ccccc3[nH]2)cc1. The third kappa shape index (κ3) is 3.11. The Morgan fingerprint density at radius 1 is 1.10 bits per heavy atom. The minimum absolute atomic E-state index is 0.362. The average Bonchev–Trinajstić information content (AvgIpc) is 2.90. The third-order valence-corrected chi connectivity index (χ3v) is 2.99. The van der Waals surface area contributed by atoms with Crippen LogP contribution in [0.4, 0.5) is 16.4 Å². The number of fused-ring (bicyclic) bond motifs is 1. The first kappa shape index (κ1) is 13.0. The van der Waals surface area contributed by atoms with Gasteiger partial charge in [0.1, 0.15) is 0 Å². The van der Waals surface area contributed by atoms with E-state index in [1.807, 2.05) is 55.5 Å². The number of benzene rings is 2. The van der Waals surface area contributed by atoms with E-state index in [9.17, 15) is 4.79 Å². The lowest BCUT2D eigenvalue weighted by Gasteiger charge is -2.08. The first-order valence-corrected chi connectivity index (χ1v) is 6.55. The number of amides is 2. The van der Waals surface area contributed by atoms with E-state index in [4.69, 9.17) is 0 Å². The Morgan fingerprint density at radius 3 is 2.62 bits per heavy atom. The Hall–Kier alpha value is -3.02. The van der Waals surface area contributed by atoms with Crippen LogP contribution >= 0.6 is 0 Å². The maximum absolute atomic E-state index is 11.8. The van der Waals surface area contributed by atoms with Crippen LogP contribution in [0.3, 0.4) is 0 Å². The fourth-order valence-electron chi connectivity index (χ4n) is 1.93. The lowest BCUT2D eigenvalue weighted by atomic mass is 10.2. The molecule has 3 aromatic rings. The zero-order chi connectivity index (χ0) is 14.7. The predicted octanol–water partition coefficient (Wildman–Crippen LogP) is 3.02. The first-order chi connectivity index (χ1) is 10.2. The van der Waals surface area contributed by atoms with E-state index in [1.54, 1.807) is 0 Å². The van der Waals surface area contributed by atoms with Crippen LogP contribution in [0.25, 0.3) is 11.0 Å². The maximum Gasteiger partial charge on any atom is 0.337 e. The number of anilines is 2. The number of hydrogen-bond acceptors (Lipinski definition) is 3. The van der Waals surface area contributed by atoms with Crippen molar-refractivity contribution in [3.63, 3.8) is 0 Å². The topological polar surface area (TPSA) is 81.8 Å². The molecule has 0 spiro atoms. The van der Waals surface area contributed by atoms with Crippen molar-refractivity contribution < 1.29 is 4.79 Å². The van der Waals surface area contributed by atoms with Crippen molar-refractivity contribution in [1.82, 2.24) is 15.4 Å². The number of aryl methyl sites for hydroxylation is 1. The van der Waals surface area contributed by atoms with Gasteiger partial charge in [-0.1, -0.05) is 29.8 Å². The highest BCUT2D eigenvalue weighted by Crippen LogP contribution is 2.12. The Labute approximate surface area is 121 Å². The van der Waals surface area contributed by atoms with Crippen LogP contribution in [0.1, 0.15) is 5.56 Å². The Kier molecular flexibility index (Phi) is 3.42. The molecule has 21 heavy (non-hydrogen) atoms. The number of aromatic nitrogens is 2. The molecule has 0 aliphatic heterocycles. The van der Waals surface area contributed by atoms with Gasteiger partial charge in [-0.05, 0) is 31.2 Å². The van der Waals surface area contributed by atoms with Crippen LogP contribution in [-0.2, 0) is 0 Å². The maximum atomic E-state index is 11.8. The zero-order valence-electron chi connectivity index (χ0n) is 11.5. The molecular formula is C15H15N5O. The zero-order valence-corrected chi connectivity index (χ0v) is 11.5. The minimum atomic E-state index is -0.362. The summed E-state index contributed by atoms with van der Waals surface area (Å²) >= 11 is 0. The van der Waals surface area contributed by atoms with E-state index in [0.717, 1.165) is 22.3 Å². The highest BCUT2D eigenvalue weighted by atomic mass is 16.2. The van der Waals surface area contributed by atoms with Crippen molar-refractivity contribution in [2.24, 2.45) is 0 Å². The molecule has 0 aliphatic carbocycles. The number of para-hydroxylation sites is 2. The Bertz CT molecular complexity index is 730. The number of nitrogens with one attached hydrogen (secondary N) is 4. The van der Waals surface area contributed by atoms with Gasteiger partial charge in [-0.3, -0.25) is 5.43 Å². The molecule has 0 saturated carbocycles. The van der Waals surface area contributed by atoms with Crippen LogP contribution < -0.4 is 16.2 Å². The van der Waals surface area contributed by atoms with E-state index < -0.39 is 0 Å². The first-order valence-electron chi connectivity index (χ1n) is 6.55. The molecule has 106 valence electrons. The van der Waals surface area contributed by atoms with Crippen LogP contribution in [0, 0.1) is 6.92 Å². The van der Waals surface area contributed by atoms with E-state index in [-0.39, 0.29) is 6.03 Å². The second kappa shape index (κ2) is 5.54. The molecule has 3 rings (SSSR count). The largest absolute Gasteiger partial charge is 0.337 e. The average molecular weight is 281 g/mol. The molecule has 0 unspecified atom stereocenters. The summed E-state index contributed by atoms with van der Waals surface area (Å²) in [4.78, 5) is 19.1. The second-order valence-electron chi connectivity index (χ2n) is 4.67. The summed E-state index contributed by atoms with van der Waals surface area (Å²) in [7, 11) is 0. The molecule has 2 amide bonds. The Balaban J connectivity index is 1.59. The van der Waals surface area contributed by atoms with Crippen molar-refractivity contribution in [3.05, 3.63) is 54.1 Å². The van der Waals surface area contributed by atoms with Crippen LogP contribution in [0.2, 0.25) is 0 Å². The number of aromatic amines is 1. The fraction of sp³-hybridized carbons (Fsp3) is 0.0667. The summed E-state index contributed by atoms with van der Waals surface area (Å²) in [5.74, 6) is 0.482. The molecule has 0 radical (unpaired) electrons. The lowest BCUT2D eigenvalue weighted by Crippen LogP contribution is -2.33. The molecule has 0 saturated heterocycles. The summed E-state index contributed by atoms with van der Waals surface area (Å²) in [5, 5.41) is 2.72. The summed E-state index contributed by atoms with van der Waals surface area (Å²) in [6.07, 6.45) is 0. The van der Waals surface area contributed by atoms with Crippen molar-refractivity contribution in [2.45, 2.75) is 6.92 Å². The number of hydrazine groups is 1. The normalized spacial score (nSPS) is 10.3. The number of nitrogens with zero attached hydrogens (tertiary/aromatic N) is 1. The second-order valence-corrected chi connectivity index (χ2v) is 4.67. The van der Waals surface area contributed by atoms with Gasteiger partial charge >= 0.3 is 6.03 Å². The van der Waals surface area contributed by atoms with Crippen molar-refractivity contribution in [2.75, 3.05) is 10.7 Å². The summed E-state index contributed by atoms with van der Waals surface area (Å²) < 4.78 is 0. The van der Waals surface area contributed by atoms with E-state index >= 15 is 0 Å². The summed E-state index contributed by atoms with van der Waals surface area (Å²) in [5.41, 5.74) is 8.87. The summed E-state index contributed by atoms with van der Waals surface area (Å²) in [6, 6.07) is 14.8. The van der Waals surface area contributed by atoms with Gasteiger partial charge in [-0.15, -0.1) is 0 Å². The number of carbonyl (C=O) groups excluding carboxylic acids is 1. The molecule has 0 atom stereocenters. The van der Waals surface area contributed by atoms with Gasteiger partial charge in [-0.2, -0.15) is 0 Å². The van der Waals surface area contributed by atoms with Gasteiger partial charge in [0.25, 0.3) is 0 Å². The van der Waals surface area contributed by atoms with Crippen LogP contribution in [0.5, 0.6) is 0 Å². The summed E-state index contributed by atoms with van der Waals surface area (Å²) in [6.45, 7) is 1.99. The quantitative estimate of drug-likeness (QED) is 0.557. The number of hydrogen-bond donors (Lipinski definition) is 4. The van der Waals surface area contributed by atoms with Crippen molar-refractivity contribution in [1.29, 1.82) is 0 Å². The molecule has 0 fully saturated rings. The van der Waals surface area contributed by atoms with Crippen LogP contribution in [-0.4, -0.2) is 16.0 Å². The number of imidazole rings is 1. The smallest absolute Gasteiger partial charge is 0.323 e. The number of H-pyrrole nitrogens is 1. The molecule has 2 aromatic carbocycles. The predicted molar refractivity (Wildman–Crippen MR) is 83.0 cm³/mol. The highest BCUT2D eigenvalue weighted by molar-refractivity contribution is 5.90. The van der Waals surface area contributed by atoms with Crippen molar-refractivity contribution in [3.8, 4) is 0 Å². The molecule has 0 aliphatic rings. The van der Waals surface area contributed by atoms with Gasteiger partial charge in [0, 0.05) is 5.69 Å². The number of rotatable bonds is 3. The molecular weight excluding hydrogens is 266 g/mol. The van der Waals surface area contributed by atoms with Crippen LogP contribution in [0.15, 0.2) is 48.5 Å². The van der Waals surface area contributed by atoms with E-state index in [0.29, 0.717) is 5.95 Å². The van der Waals surface area contributed by atoms with Gasteiger partial charge in [0.15, 0.2) is 0 Å². The minimum Gasteiger partial charge on any atom is -0.323 e. The van der Waals surface area contributed by atoms with Gasteiger partial charge in [0.05, 0.1) is 11.0 Å². The molecule has 1 aromatic heterocycles. The fourth-order valence-corrected chi connectivity index (χ4v) is 1.93. The van der Waals surface area contributed by atoms with Gasteiger partial charge < -0.3 is 10.3 Å². The molecule has 6 nitrogen and oxygen atoms in total. The van der Waals surface area contributed by atoms with E-state index in [2.05, 4.69) is 26.1 Å². The molecule has 0 bridgehead atoms. The van der Waals surface area contributed by atoms with Crippen molar-refractivity contribution >= 4 is 28.7 Å².